The van der Waals surface area contributed by atoms with Gasteiger partial charge in [-0.15, -0.1) is 0 Å². The summed E-state index contributed by atoms with van der Waals surface area (Å²) in [5.74, 6) is -1.40. The van der Waals surface area contributed by atoms with Crippen LogP contribution in [0.5, 0.6) is 17.2 Å². The molecule has 9 heteroatoms. The molecular formula is C33H35N3O6. The van der Waals surface area contributed by atoms with E-state index in [0.29, 0.717) is 12.2 Å². The summed E-state index contributed by atoms with van der Waals surface area (Å²) in [5.41, 5.74) is 0.758. The van der Waals surface area contributed by atoms with Gasteiger partial charge in [-0.25, -0.2) is 4.98 Å². The Bertz CT molecular complexity index is 1710. The Labute approximate surface area is 243 Å². The van der Waals surface area contributed by atoms with Gasteiger partial charge < -0.3 is 25.3 Å². The highest BCUT2D eigenvalue weighted by Gasteiger charge is 2.56. The predicted molar refractivity (Wildman–Crippen MR) is 157 cm³/mol. The van der Waals surface area contributed by atoms with Crippen molar-refractivity contribution in [2.75, 3.05) is 6.54 Å². The number of hydrogen-bond donors (Lipinski definition) is 4. The molecule has 0 saturated heterocycles. The van der Waals surface area contributed by atoms with E-state index in [4.69, 9.17) is 9.72 Å². The lowest BCUT2D eigenvalue weighted by Crippen LogP contribution is -2.43. The number of aromatic nitrogens is 2. The van der Waals surface area contributed by atoms with Crippen LogP contribution in [0.2, 0.25) is 0 Å². The van der Waals surface area contributed by atoms with Crippen LogP contribution in [0.25, 0.3) is 11.0 Å². The van der Waals surface area contributed by atoms with E-state index < -0.39 is 28.5 Å². The maximum absolute atomic E-state index is 14.2. The van der Waals surface area contributed by atoms with Gasteiger partial charge >= 0.3 is 0 Å². The third-order valence-electron chi connectivity index (χ3n) is 9.38. The highest BCUT2D eigenvalue weighted by molar-refractivity contribution is 6.31. The van der Waals surface area contributed by atoms with E-state index >= 15 is 0 Å². The Kier molecular flexibility index (Phi) is 6.51. The van der Waals surface area contributed by atoms with Gasteiger partial charge in [0.25, 0.3) is 0 Å². The van der Waals surface area contributed by atoms with Crippen LogP contribution in [-0.2, 0) is 21.4 Å². The number of imidazole rings is 1. The van der Waals surface area contributed by atoms with Crippen LogP contribution in [0.3, 0.4) is 0 Å². The molecule has 0 unspecified atom stereocenters. The molecule has 0 amide bonds. The Balaban J connectivity index is 1.34. The minimum atomic E-state index is -1.54. The van der Waals surface area contributed by atoms with Crippen molar-refractivity contribution in [1.82, 2.24) is 15.3 Å². The highest BCUT2D eigenvalue weighted by Crippen LogP contribution is 2.57. The van der Waals surface area contributed by atoms with Crippen LogP contribution < -0.4 is 10.1 Å². The molecule has 1 aromatic heterocycles. The fourth-order valence-electron chi connectivity index (χ4n) is 6.93. The van der Waals surface area contributed by atoms with Crippen LogP contribution >= 0.6 is 0 Å². The number of aromatic amines is 1. The Morgan fingerprint density at radius 2 is 1.81 bits per heavy atom. The summed E-state index contributed by atoms with van der Waals surface area (Å²) in [7, 11) is 0. The first-order chi connectivity index (χ1) is 20.0. The highest BCUT2D eigenvalue weighted by atomic mass is 16.5. The third-order valence-corrected chi connectivity index (χ3v) is 9.38. The minimum Gasteiger partial charge on any atom is -0.507 e. The normalized spacial score (nSPS) is 22.3. The summed E-state index contributed by atoms with van der Waals surface area (Å²) < 4.78 is 5.88. The van der Waals surface area contributed by atoms with E-state index in [1.165, 1.54) is 26.3 Å². The van der Waals surface area contributed by atoms with E-state index in [9.17, 15) is 24.6 Å². The number of carbonyl (C=O) groups excluding carboxylic acids is 3. The van der Waals surface area contributed by atoms with Crippen LogP contribution in [-0.4, -0.2) is 44.1 Å². The topological polar surface area (TPSA) is 142 Å². The molecular weight excluding hydrogens is 534 g/mol. The molecule has 2 heterocycles. The Morgan fingerprint density at radius 3 is 2.50 bits per heavy atom. The monoisotopic (exact) mass is 569 g/mol. The van der Waals surface area contributed by atoms with Gasteiger partial charge in [-0.3, -0.25) is 14.4 Å². The molecule has 2 aliphatic carbocycles. The van der Waals surface area contributed by atoms with E-state index in [0.717, 1.165) is 49.0 Å². The molecule has 0 radical (unpaired) electrons. The number of Topliss-reactive ketones (excluding diaryl/α,β-unsaturated/α-hetero) is 2. The van der Waals surface area contributed by atoms with Gasteiger partial charge in [0.2, 0.25) is 0 Å². The number of para-hydroxylation sites is 2. The number of fused-ring (bicyclic) bond motifs is 4. The molecule has 9 nitrogen and oxygen atoms in total. The number of aromatic hydroxyl groups is 2. The molecule has 3 aliphatic rings. The minimum absolute atomic E-state index is 0.0121. The molecule has 42 heavy (non-hydrogen) atoms. The van der Waals surface area contributed by atoms with Crippen molar-refractivity contribution in [3.05, 3.63) is 69.9 Å². The first kappa shape index (κ1) is 27.8. The molecule has 6 rings (SSSR count). The fourth-order valence-corrected chi connectivity index (χ4v) is 6.93. The standard InChI is InChI=1S/C33H35N3O6/c1-17-28(39)26(19(3)37)30-27(29(17)40)32(4)23(42-30)14-22(38)25(31(32)41)18(2)34-16-33(12-8-5-9-13-33)15-24-35-20-10-6-7-11-21(20)36-24/h6-7,10-11,14,34,39-40H,5,8-9,12-13,15-16H2,1-4H3,(H,35,36)/b25-18+/t32-/m0/s1. The van der Waals surface area contributed by atoms with Crippen molar-refractivity contribution in [2.24, 2.45) is 5.41 Å². The van der Waals surface area contributed by atoms with Gasteiger partial charge in [0, 0.05) is 30.3 Å². The first-order valence-corrected chi connectivity index (χ1v) is 14.4. The zero-order valence-electron chi connectivity index (χ0n) is 24.3. The number of carbonyl (C=O) groups is 3. The largest absolute Gasteiger partial charge is 0.507 e. The molecule has 1 saturated carbocycles. The molecule has 4 N–H and O–H groups in total. The van der Waals surface area contributed by atoms with E-state index in [2.05, 4.69) is 10.3 Å². The maximum Gasteiger partial charge on any atom is 0.194 e. The summed E-state index contributed by atoms with van der Waals surface area (Å²) in [6, 6.07) is 7.95. The van der Waals surface area contributed by atoms with Crippen LogP contribution in [0.15, 0.2) is 47.4 Å². The smallest absolute Gasteiger partial charge is 0.194 e. The van der Waals surface area contributed by atoms with Gasteiger partial charge in [-0.1, -0.05) is 31.4 Å². The summed E-state index contributed by atoms with van der Waals surface area (Å²) in [4.78, 5) is 48.3. The van der Waals surface area contributed by atoms with Crippen LogP contribution in [0.4, 0.5) is 0 Å². The van der Waals surface area contributed by atoms with Crippen molar-refractivity contribution in [1.29, 1.82) is 0 Å². The Morgan fingerprint density at radius 1 is 1.10 bits per heavy atom. The van der Waals surface area contributed by atoms with Gasteiger partial charge in [0.05, 0.1) is 22.2 Å². The number of phenolic OH excluding ortho intramolecular Hbond substituents is 2. The van der Waals surface area contributed by atoms with Crippen molar-refractivity contribution < 1.29 is 29.3 Å². The molecule has 1 fully saturated rings. The second kappa shape index (κ2) is 9.86. The average molecular weight is 570 g/mol. The maximum atomic E-state index is 14.2. The molecule has 2 aromatic carbocycles. The summed E-state index contributed by atoms with van der Waals surface area (Å²) >= 11 is 0. The molecule has 0 bridgehead atoms. The van der Waals surface area contributed by atoms with Crippen molar-refractivity contribution in [3.8, 4) is 17.2 Å². The van der Waals surface area contributed by atoms with Crippen LogP contribution in [0, 0.1) is 12.3 Å². The average Bonchev–Trinajstić information content (AvgIpc) is 3.49. The Hall–Kier alpha value is -4.40. The number of ether oxygens (including phenoxy) is 1. The number of benzene rings is 2. The number of ketones is 3. The SMILES string of the molecule is CC(=O)c1c(O)c(C)c(O)c2c1OC1=CC(=O)/C(=C(/C)NCC3(Cc4nc5ccccc5[nH]4)CCCCC3)C(=O)[C@@]12C. The van der Waals surface area contributed by atoms with Gasteiger partial charge in [0.15, 0.2) is 17.3 Å². The lowest BCUT2D eigenvalue weighted by molar-refractivity contribution is -0.123. The number of allylic oxidation sites excluding steroid dienone is 4. The van der Waals surface area contributed by atoms with Crippen LogP contribution in [0.1, 0.15) is 80.2 Å². The molecule has 218 valence electrons. The van der Waals surface area contributed by atoms with Crippen molar-refractivity contribution in [2.45, 2.75) is 71.6 Å². The summed E-state index contributed by atoms with van der Waals surface area (Å²) in [6.07, 6.45) is 7.35. The first-order valence-electron chi connectivity index (χ1n) is 14.4. The number of nitrogens with zero attached hydrogens (tertiary/aromatic N) is 1. The summed E-state index contributed by atoms with van der Waals surface area (Å²) in [6.45, 7) is 6.61. The zero-order valence-corrected chi connectivity index (χ0v) is 24.3. The lowest BCUT2D eigenvalue weighted by atomic mass is 9.69. The fraction of sp³-hybridized carbons (Fsp3) is 0.394. The third kappa shape index (κ3) is 4.13. The van der Waals surface area contributed by atoms with E-state index in [1.54, 1.807) is 13.8 Å². The number of rotatable bonds is 6. The quantitative estimate of drug-likeness (QED) is 0.180. The van der Waals surface area contributed by atoms with Crippen molar-refractivity contribution >= 4 is 28.4 Å². The number of nitrogens with one attached hydrogen (secondary N) is 2. The second-order valence-electron chi connectivity index (χ2n) is 12.2. The number of hydrogen-bond acceptors (Lipinski definition) is 8. The molecule has 1 atom stereocenters. The molecule has 3 aromatic rings. The number of phenols is 2. The van der Waals surface area contributed by atoms with Gasteiger partial charge in [-0.05, 0) is 58.1 Å². The van der Waals surface area contributed by atoms with Gasteiger partial charge in [-0.2, -0.15) is 0 Å². The lowest BCUT2D eigenvalue weighted by Gasteiger charge is -2.38. The molecule has 1 aliphatic heterocycles. The summed E-state index contributed by atoms with van der Waals surface area (Å²) in [5, 5.41) is 25.1. The number of H-pyrrole nitrogens is 1. The molecule has 0 spiro atoms. The van der Waals surface area contributed by atoms with Crippen molar-refractivity contribution in [3.63, 3.8) is 0 Å². The van der Waals surface area contributed by atoms with E-state index in [-0.39, 0.29) is 44.9 Å². The second-order valence-corrected chi connectivity index (χ2v) is 12.2. The predicted octanol–water partition coefficient (Wildman–Crippen LogP) is 5.23. The van der Waals surface area contributed by atoms with E-state index in [1.807, 2.05) is 24.3 Å². The van der Waals surface area contributed by atoms with Gasteiger partial charge in [0.1, 0.15) is 39.8 Å². The zero-order chi connectivity index (χ0) is 30.0.